The number of ether oxygens (including phenoxy) is 4. The van der Waals surface area contributed by atoms with Gasteiger partial charge in [-0.25, -0.2) is 0 Å². The molecule has 0 amide bonds. The predicted octanol–water partition coefficient (Wildman–Crippen LogP) is 0.122. The van der Waals surface area contributed by atoms with Crippen LogP contribution in [0.5, 0.6) is 0 Å². The standard InChI is InChI=1S/C7H12Cl2O10P2/c8-6(20(10,11)12)16-1-5(2-17-6)3-18-7(9,19-4-5)21(13,14)15/h1-4H2,(H2,10,11,12)(H2,13,14,15). The molecule has 10 nitrogen and oxygen atoms in total. The Morgan fingerprint density at radius 3 is 1.14 bits per heavy atom. The largest absolute Gasteiger partial charge is 0.401 e. The normalized spacial score (nSPS) is 42.2. The Hall–Kier alpha value is 0.720. The van der Waals surface area contributed by atoms with Crippen LogP contribution in [0.4, 0.5) is 0 Å². The van der Waals surface area contributed by atoms with Crippen LogP contribution < -0.4 is 0 Å². The highest BCUT2D eigenvalue weighted by Crippen LogP contribution is 2.60. The van der Waals surface area contributed by atoms with E-state index in [9.17, 15) is 9.13 Å². The van der Waals surface area contributed by atoms with Gasteiger partial charge in [0.15, 0.2) is 0 Å². The maximum absolute atomic E-state index is 11.1. The number of halogens is 2. The molecule has 0 atom stereocenters. The summed E-state index contributed by atoms with van der Waals surface area (Å²) >= 11 is 11.1. The van der Waals surface area contributed by atoms with Gasteiger partial charge in [-0.2, -0.15) is 0 Å². The number of hydrogen-bond donors (Lipinski definition) is 4. The summed E-state index contributed by atoms with van der Waals surface area (Å²) in [7, 11) is -9.77. The van der Waals surface area contributed by atoms with E-state index in [1.165, 1.54) is 0 Å². The Balaban J connectivity index is 2.04. The zero-order valence-corrected chi connectivity index (χ0v) is 13.5. The van der Waals surface area contributed by atoms with E-state index in [0.717, 1.165) is 0 Å². The zero-order chi connectivity index (χ0) is 16.2. The first kappa shape index (κ1) is 18.1. The molecule has 0 aromatic heterocycles. The lowest BCUT2D eigenvalue weighted by atomic mass is 9.91. The van der Waals surface area contributed by atoms with E-state index in [1.807, 2.05) is 0 Å². The average molecular weight is 389 g/mol. The average Bonchev–Trinajstić information content (AvgIpc) is 2.34. The van der Waals surface area contributed by atoms with Crippen molar-refractivity contribution < 1.29 is 47.7 Å². The van der Waals surface area contributed by atoms with Crippen molar-refractivity contribution >= 4 is 38.4 Å². The molecule has 124 valence electrons. The van der Waals surface area contributed by atoms with Crippen LogP contribution in [0.15, 0.2) is 0 Å². The second kappa shape index (κ2) is 5.37. The zero-order valence-electron chi connectivity index (χ0n) is 10.2. The van der Waals surface area contributed by atoms with Crippen LogP contribution in [0.25, 0.3) is 0 Å². The van der Waals surface area contributed by atoms with Crippen LogP contribution in [-0.2, 0) is 28.1 Å². The minimum Gasteiger partial charge on any atom is -0.327 e. The molecule has 0 unspecified atom stereocenters. The number of hydrogen-bond acceptors (Lipinski definition) is 6. The molecule has 2 heterocycles. The minimum atomic E-state index is -4.88. The third kappa shape index (κ3) is 3.33. The molecular formula is C7H12Cl2O10P2. The van der Waals surface area contributed by atoms with Crippen molar-refractivity contribution in [1.29, 1.82) is 0 Å². The van der Waals surface area contributed by atoms with Gasteiger partial charge in [-0.15, -0.1) is 0 Å². The van der Waals surface area contributed by atoms with E-state index in [0.29, 0.717) is 0 Å². The van der Waals surface area contributed by atoms with Crippen LogP contribution in [0.2, 0.25) is 0 Å². The molecule has 2 rings (SSSR count). The van der Waals surface area contributed by atoms with Gasteiger partial charge in [-0.3, -0.25) is 9.13 Å². The first-order chi connectivity index (χ1) is 9.33. The number of alkyl halides is 2. The van der Waals surface area contributed by atoms with Crippen LogP contribution in [0.1, 0.15) is 0 Å². The molecule has 4 N–H and O–H groups in total. The van der Waals surface area contributed by atoms with Crippen LogP contribution in [-0.4, -0.2) is 56.0 Å². The van der Waals surface area contributed by atoms with E-state index < -0.39 is 30.6 Å². The van der Waals surface area contributed by atoms with Crippen molar-refractivity contribution in [2.45, 2.75) is 9.97 Å². The Morgan fingerprint density at radius 2 is 0.952 bits per heavy atom. The fourth-order valence-electron chi connectivity index (χ4n) is 1.64. The lowest BCUT2D eigenvalue weighted by Gasteiger charge is -2.47. The van der Waals surface area contributed by atoms with Crippen LogP contribution in [0, 0.1) is 5.41 Å². The van der Waals surface area contributed by atoms with Gasteiger partial charge >= 0.3 is 25.2 Å². The maximum Gasteiger partial charge on any atom is 0.401 e. The van der Waals surface area contributed by atoms with E-state index in [1.54, 1.807) is 0 Å². The Kier molecular flexibility index (Phi) is 4.62. The van der Waals surface area contributed by atoms with Gasteiger partial charge in [0.2, 0.25) is 0 Å². The summed E-state index contributed by atoms with van der Waals surface area (Å²) in [6.45, 7) is -1.29. The molecule has 2 saturated heterocycles. The minimum absolute atomic E-state index is 0.324. The molecular weight excluding hydrogens is 377 g/mol. The molecule has 0 aliphatic carbocycles. The lowest BCUT2D eigenvalue weighted by molar-refractivity contribution is -0.296. The van der Waals surface area contributed by atoms with Gasteiger partial charge in [0.25, 0.3) is 0 Å². The molecule has 0 aromatic rings. The van der Waals surface area contributed by atoms with Gasteiger partial charge < -0.3 is 38.5 Å². The highest BCUT2D eigenvalue weighted by molar-refractivity contribution is 7.55. The summed E-state index contributed by atoms with van der Waals surface area (Å²) in [6.07, 6.45) is 0. The van der Waals surface area contributed by atoms with Gasteiger partial charge in [0, 0.05) is 0 Å². The van der Waals surface area contributed by atoms with Crippen molar-refractivity contribution in [3.8, 4) is 0 Å². The lowest BCUT2D eigenvalue weighted by Crippen LogP contribution is -2.56. The fourth-order valence-corrected chi connectivity index (χ4v) is 2.79. The Bertz CT molecular complexity index is 448. The second-order valence-corrected chi connectivity index (χ2v) is 9.63. The topological polar surface area (TPSA) is 152 Å². The molecule has 1 spiro atoms. The van der Waals surface area contributed by atoms with Crippen LogP contribution >= 0.6 is 38.4 Å². The highest BCUT2D eigenvalue weighted by Gasteiger charge is 2.60. The summed E-state index contributed by atoms with van der Waals surface area (Å²) in [5, 5.41) is 0. The monoisotopic (exact) mass is 388 g/mol. The predicted molar refractivity (Wildman–Crippen MR) is 67.5 cm³/mol. The molecule has 0 radical (unpaired) electrons. The van der Waals surface area contributed by atoms with E-state index in [2.05, 4.69) is 0 Å². The number of rotatable bonds is 2. The SMILES string of the molecule is O=P(O)(O)C1(Cl)OCC2(CO1)COC(Cl)(P(=O)(O)O)OC2. The van der Waals surface area contributed by atoms with Crippen molar-refractivity contribution in [3.05, 3.63) is 0 Å². The van der Waals surface area contributed by atoms with Crippen molar-refractivity contribution in [2.75, 3.05) is 26.4 Å². The van der Waals surface area contributed by atoms with Gasteiger partial charge in [0.1, 0.15) is 0 Å². The molecule has 0 saturated carbocycles. The quantitative estimate of drug-likeness (QED) is 0.379. The van der Waals surface area contributed by atoms with E-state index in [-0.39, 0.29) is 26.4 Å². The Morgan fingerprint density at radius 1 is 0.714 bits per heavy atom. The third-order valence-corrected chi connectivity index (χ3v) is 6.59. The summed E-state index contributed by atoms with van der Waals surface area (Å²) in [6, 6.07) is 0. The van der Waals surface area contributed by atoms with E-state index >= 15 is 0 Å². The summed E-state index contributed by atoms with van der Waals surface area (Å²) in [5.41, 5.74) is -1.04. The fraction of sp³-hybridized carbons (Fsp3) is 1.00. The van der Waals surface area contributed by atoms with Gasteiger partial charge in [0.05, 0.1) is 31.8 Å². The molecule has 2 fully saturated rings. The molecule has 2 aliphatic heterocycles. The van der Waals surface area contributed by atoms with Gasteiger partial charge in [-0.05, 0) is 23.2 Å². The highest BCUT2D eigenvalue weighted by atomic mass is 35.5. The smallest absolute Gasteiger partial charge is 0.327 e. The molecule has 0 bridgehead atoms. The maximum atomic E-state index is 11.1. The molecule has 21 heavy (non-hydrogen) atoms. The molecule has 14 heteroatoms. The van der Waals surface area contributed by atoms with E-state index in [4.69, 9.17) is 61.7 Å². The first-order valence-corrected chi connectivity index (χ1v) is 9.36. The third-order valence-electron chi connectivity index (χ3n) is 2.92. The first-order valence-electron chi connectivity index (χ1n) is 5.38. The summed E-state index contributed by atoms with van der Waals surface area (Å²) < 4.78 is 41.7. The second-order valence-electron chi connectivity index (χ2n) is 4.75. The van der Waals surface area contributed by atoms with Crippen molar-refractivity contribution in [3.63, 3.8) is 0 Å². The van der Waals surface area contributed by atoms with Crippen molar-refractivity contribution in [1.82, 2.24) is 0 Å². The Labute approximate surface area is 128 Å². The molecule has 0 aromatic carbocycles. The van der Waals surface area contributed by atoms with Gasteiger partial charge in [-0.1, -0.05) is 0 Å². The van der Waals surface area contributed by atoms with Crippen LogP contribution in [0.3, 0.4) is 0 Å². The molecule has 2 aliphatic rings. The summed E-state index contributed by atoms with van der Waals surface area (Å²) in [5.74, 6) is 0. The summed E-state index contributed by atoms with van der Waals surface area (Å²) in [4.78, 5) is 30.9. The van der Waals surface area contributed by atoms with Crippen molar-refractivity contribution in [2.24, 2.45) is 5.41 Å².